The summed E-state index contributed by atoms with van der Waals surface area (Å²) >= 11 is 6.07. The molecule has 0 saturated carbocycles. The second-order valence-electron chi connectivity index (χ2n) is 4.85. The molecule has 0 amide bonds. The molecule has 0 radical (unpaired) electrons. The van der Waals surface area contributed by atoms with Crippen LogP contribution in [0, 0.1) is 6.92 Å². The van der Waals surface area contributed by atoms with Gasteiger partial charge in [0.2, 0.25) is 0 Å². The fourth-order valence-corrected chi connectivity index (χ4v) is 2.38. The topological polar surface area (TPSA) is 57.8 Å². The number of fused-ring (bicyclic) bond motifs is 1. The standard InChI is InChI=1S/C13H16ClN3O2/c1-8-4-9(14)6-17-11(7-16(2)3)10(5-12(18)19)15-13(8)17/h4,6H,5,7H2,1-3H3,(H,18,19). The van der Waals surface area contributed by atoms with E-state index in [9.17, 15) is 4.79 Å². The fourth-order valence-electron chi connectivity index (χ4n) is 2.11. The molecule has 2 rings (SSSR count). The van der Waals surface area contributed by atoms with Gasteiger partial charge in [0.1, 0.15) is 5.65 Å². The highest BCUT2D eigenvalue weighted by atomic mass is 35.5. The smallest absolute Gasteiger partial charge is 0.309 e. The van der Waals surface area contributed by atoms with Crippen molar-refractivity contribution in [3.63, 3.8) is 0 Å². The third-order valence-corrected chi connectivity index (χ3v) is 3.04. The van der Waals surface area contributed by atoms with Crippen LogP contribution in [-0.4, -0.2) is 39.5 Å². The molecule has 0 saturated heterocycles. The van der Waals surface area contributed by atoms with Crippen LogP contribution in [0.2, 0.25) is 5.02 Å². The summed E-state index contributed by atoms with van der Waals surface area (Å²) in [6.07, 6.45) is 1.70. The summed E-state index contributed by atoms with van der Waals surface area (Å²) in [5.41, 5.74) is 3.15. The molecule has 0 aromatic carbocycles. The molecule has 0 aliphatic heterocycles. The third kappa shape index (κ3) is 2.88. The Morgan fingerprint density at radius 1 is 1.53 bits per heavy atom. The highest BCUT2D eigenvalue weighted by Gasteiger charge is 2.17. The Labute approximate surface area is 116 Å². The molecule has 6 heteroatoms. The van der Waals surface area contributed by atoms with Gasteiger partial charge in [-0.05, 0) is 32.6 Å². The molecule has 2 aromatic rings. The van der Waals surface area contributed by atoms with Crippen molar-refractivity contribution in [2.45, 2.75) is 19.9 Å². The Morgan fingerprint density at radius 2 is 2.21 bits per heavy atom. The lowest BCUT2D eigenvalue weighted by Gasteiger charge is -2.11. The van der Waals surface area contributed by atoms with E-state index in [1.165, 1.54) is 0 Å². The van der Waals surface area contributed by atoms with E-state index in [0.717, 1.165) is 16.9 Å². The van der Waals surface area contributed by atoms with Crippen LogP contribution in [0.15, 0.2) is 12.3 Å². The quantitative estimate of drug-likeness (QED) is 0.931. The number of pyridine rings is 1. The minimum absolute atomic E-state index is 0.0814. The van der Waals surface area contributed by atoms with Crippen LogP contribution in [0.5, 0.6) is 0 Å². The number of imidazole rings is 1. The first-order chi connectivity index (χ1) is 8.88. The summed E-state index contributed by atoms with van der Waals surface area (Å²) in [7, 11) is 3.86. The van der Waals surface area contributed by atoms with E-state index in [4.69, 9.17) is 16.7 Å². The number of hydrogen-bond donors (Lipinski definition) is 1. The fraction of sp³-hybridized carbons (Fsp3) is 0.385. The Kier molecular flexibility index (Phi) is 3.78. The number of hydrogen-bond acceptors (Lipinski definition) is 3. The average Bonchev–Trinajstić information content (AvgIpc) is 2.56. The molecule has 2 heterocycles. The lowest BCUT2D eigenvalue weighted by Crippen LogP contribution is -2.15. The number of nitrogens with zero attached hydrogens (tertiary/aromatic N) is 3. The van der Waals surface area contributed by atoms with E-state index in [0.29, 0.717) is 17.3 Å². The molecule has 0 unspecified atom stereocenters. The Balaban J connectivity index is 2.66. The molecule has 0 bridgehead atoms. The van der Waals surface area contributed by atoms with Crippen LogP contribution in [-0.2, 0) is 17.8 Å². The molecule has 102 valence electrons. The third-order valence-electron chi connectivity index (χ3n) is 2.84. The highest BCUT2D eigenvalue weighted by molar-refractivity contribution is 6.30. The van der Waals surface area contributed by atoms with Gasteiger partial charge in [0.25, 0.3) is 0 Å². The molecular formula is C13H16ClN3O2. The summed E-state index contributed by atoms with van der Waals surface area (Å²) in [6.45, 7) is 2.53. The number of carboxylic acid groups (broad SMARTS) is 1. The monoisotopic (exact) mass is 281 g/mol. The first-order valence-corrected chi connectivity index (χ1v) is 6.28. The molecule has 1 N–H and O–H groups in total. The van der Waals surface area contributed by atoms with Gasteiger partial charge < -0.3 is 14.4 Å². The molecule has 0 aliphatic carbocycles. The van der Waals surface area contributed by atoms with Crippen LogP contribution in [0.1, 0.15) is 17.0 Å². The first-order valence-electron chi connectivity index (χ1n) is 5.91. The summed E-state index contributed by atoms with van der Waals surface area (Å²) in [5, 5.41) is 9.60. The second-order valence-corrected chi connectivity index (χ2v) is 5.28. The number of aromatic nitrogens is 2. The summed E-state index contributed by atoms with van der Waals surface area (Å²) < 4.78 is 1.88. The molecule has 0 aliphatic rings. The Hall–Kier alpha value is -1.59. The van der Waals surface area contributed by atoms with Crippen molar-refractivity contribution in [1.82, 2.24) is 14.3 Å². The Morgan fingerprint density at radius 3 is 2.79 bits per heavy atom. The highest BCUT2D eigenvalue weighted by Crippen LogP contribution is 2.21. The predicted molar refractivity (Wildman–Crippen MR) is 73.7 cm³/mol. The maximum absolute atomic E-state index is 10.9. The van der Waals surface area contributed by atoms with E-state index in [-0.39, 0.29) is 6.42 Å². The number of rotatable bonds is 4. The lowest BCUT2D eigenvalue weighted by molar-refractivity contribution is -0.136. The number of halogens is 1. The van der Waals surface area contributed by atoms with Gasteiger partial charge >= 0.3 is 5.97 Å². The summed E-state index contributed by atoms with van der Waals surface area (Å²) in [5.74, 6) is -0.882. The van der Waals surface area contributed by atoms with Crippen molar-refractivity contribution in [2.75, 3.05) is 14.1 Å². The first kappa shape index (κ1) is 13.8. The van der Waals surface area contributed by atoms with Crippen molar-refractivity contribution < 1.29 is 9.90 Å². The molecule has 19 heavy (non-hydrogen) atoms. The van der Waals surface area contributed by atoms with E-state index in [1.807, 2.05) is 36.4 Å². The van der Waals surface area contributed by atoms with Crippen LogP contribution < -0.4 is 0 Å². The van der Waals surface area contributed by atoms with Gasteiger partial charge in [-0.3, -0.25) is 4.79 Å². The minimum Gasteiger partial charge on any atom is -0.481 e. The molecular weight excluding hydrogens is 266 g/mol. The summed E-state index contributed by atoms with van der Waals surface area (Å²) in [6, 6.07) is 1.83. The van der Waals surface area contributed by atoms with Gasteiger partial charge in [-0.2, -0.15) is 0 Å². The molecule has 5 nitrogen and oxygen atoms in total. The number of carbonyl (C=O) groups is 1. The van der Waals surface area contributed by atoms with Crippen LogP contribution in [0.4, 0.5) is 0 Å². The van der Waals surface area contributed by atoms with Gasteiger partial charge in [-0.25, -0.2) is 4.98 Å². The lowest BCUT2D eigenvalue weighted by atomic mass is 10.2. The summed E-state index contributed by atoms with van der Waals surface area (Å²) in [4.78, 5) is 17.4. The average molecular weight is 282 g/mol. The van der Waals surface area contributed by atoms with Crippen molar-refractivity contribution in [3.8, 4) is 0 Å². The second kappa shape index (κ2) is 5.19. The van der Waals surface area contributed by atoms with Crippen LogP contribution >= 0.6 is 11.6 Å². The zero-order chi connectivity index (χ0) is 14.2. The SMILES string of the molecule is Cc1cc(Cl)cn2c(CN(C)C)c(CC(=O)O)nc12. The molecule has 2 aromatic heterocycles. The molecule has 0 atom stereocenters. The van der Waals surface area contributed by atoms with Gasteiger partial charge in [0.05, 0.1) is 22.8 Å². The van der Waals surface area contributed by atoms with Crippen molar-refractivity contribution in [1.29, 1.82) is 0 Å². The van der Waals surface area contributed by atoms with Crippen molar-refractivity contribution >= 4 is 23.2 Å². The number of aliphatic carboxylic acids is 1. The normalized spacial score (nSPS) is 11.4. The molecule has 0 fully saturated rings. The Bertz CT molecular complexity index is 634. The maximum Gasteiger partial charge on any atom is 0.309 e. The van der Waals surface area contributed by atoms with E-state index in [1.54, 1.807) is 6.20 Å². The largest absolute Gasteiger partial charge is 0.481 e. The van der Waals surface area contributed by atoms with E-state index in [2.05, 4.69) is 4.98 Å². The van der Waals surface area contributed by atoms with Gasteiger partial charge in [-0.15, -0.1) is 0 Å². The van der Waals surface area contributed by atoms with Crippen LogP contribution in [0.25, 0.3) is 5.65 Å². The molecule has 0 spiro atoms. The zero-order valence-corrected chi connectivity index (χ0v) is 11.9. The van der Waals surface area contributed by atoms with Crippen molar-refractivity contribution in [3.05, 3.63) is 34.2 Å². The van der Waals surface area contributed by atoms with Gasteiger partial charge in [-0.1, -0.05) is 11.6 Å². The van der Waals surface area contributed by atoms with Gasteiger partial charge in [0.15, 0.2) is 0 Å². The number of aryl methyl sites for hydroxylation is 1. The number of carboxylic acids is 1. The maximum atomic E-state index is 10.9. The van der Waals surface area contributed by atoms with E-state index < -0.39 is 5.97 Å². The van der Waals surface area contributed by atoms with E-state index >= 15 is 0 Å². The van der Waals surface area contributed by atoms with Crippen LogP contribution in [0.3, 0.4) is 0 Å². The predicted octanol–water partition coefficient (Wildman–Crippen LogP) is 1.98. The van der Waals surface area contributed by atoms with Crippen molar-refractivity contribution in [2.24, 2.45) is 0 Å². The zero-order valence-electron chi connectivity index (χ0n) is 11.1. The minimum atomic E-state index is -0.882. The van der Waals surface area contributed by atoms with Gasteiger partial charge in [0, 0.05) is 12.7 Å².